The monoisotopic (exact) mass is 393 g/mol. The number of carbonyl (C=O) groups excluding carboxylic acids is 1. The van der Waals surface area contributed by atoms with Crippen LogP contribution in [0.2, 0.25) is 0 Å². The van der Waals surface area contributed by atoms with Gasteiger partial charge in [-0.2, -0.15) is 0 Å². The van der Waals surface area contributed by atoms with Gasteiger partial charge in [0, 0.05) is 19.3 Å². The summed E-state index contributed by atoms with van der Waals surface area (Å²) < 4.78 is 7.60. The van der Waals surface area contributed by atoms with E-state index >= 15 is 0 Å². The highest BCUT2D eigenvalue weighted by molar-refractivity contribution is 5.96. The number of tetrazole rings is 1. The van der Waals surface area contributed by atoms with Crippen LogP contribution in [0.25, 0.3) is 0 Å². The lowest BCUT2D eigenvalue weighted by Gasteiger charge is -2.24. The van der Waals surface area contributed by atoms with E-state index in [4.69, 9.17) is 4.74 Å². The Morgan fingerprint density at radius 2 is 2.14 bits per heavy atom. The first kappa shape index (κ1) is 19.0. The number of benzene rings is 1. The van der Waals surface area contributed by atoms with Crippen molar-refractivity contribution in [2.75, 3.05) is 18.4 Å². The van der Waals surface area contributed by atoms with Gasteiger partial charge < -0.3 is 10.1 Å². The molecule has 1 amide bonds. The van der Waals surface area contributed by atoms with Crippen molar-refractivity contribution in [3.63, 3.8) is 0 Å². The molecule has 29 heavy (non-hydrogen) atoms. The lowest BCUT2D eigenvalue weighted by atomic mass is 10.2. The standard InChI is InChI=1S/C20H23N7O2/c28-20(18-8-4-11-26(18)12-5-13-27-15-22-24-25-27)23-17-7-1-2-9-19(17)29-16-6-3-10-21-14-16/h1-3,6-7,9-10,14-15,18H,4-5,8,11-13H2,(H,23,28)/t18-/m0/s1. The van der Waals surface area contributed by atoms with Gasteiger partial charge in [0.2, 0.25) is 5.91 Å². The summed E-state index contributed by atoms with van der Waals surface area (Å²) in [5.74, 6) is 1.21. The number of nitrogens with zero attached hydrogens (tertiary/aromatic N) is 6. The Kier molecular flexibility index (Phi) is 6.06. The van der Waals surface area contributed by atoms with E-state index in [1.54, 1.807) is 23.4 Å². The van der Waals surface area contributed by atoms with Gasteiger partial charge in [0.1, 0.15) is 12.1 Å². The predicted molar refractivity (Wildman–Crippen MR) is 106 cm³/mol. The Morgan fingerprint density at radius 1 is 1.21 bits per heavy atom. The molecule has 3 aromatic rings. The Balaban J connectivity index is 1.37. The van der Waals surface area contributed by atoms with Crippen LogP contribution >= 0.6 is 0 Å². The third kappa shape index (κ3) is 4.94. The molecule has 0 unspecified atom stereocenters. The third-order valence-corrected chi connectivity index (χ3v) is 4.90. The van der Waals surface area contributed by atoms with Crippen molar-refractivity contribution >= 4 is 11.6 Å². The number of aromatic nitrogens is 5. The average Bonchev–Trinajstić information content (AvgIpc) is 3.42. The summed E-state index contributed by atoms with van der Waals surface area (Å²) in [5.41, 5.74) is 0.655. The fraction of sp³-hybridized carbons (Fsp3) is 0.350. The molecule has 1 aliphatic heterocycles. The second-order valence-corrected chi connectivity index (χ2v) is 6.90. The number of hydrogen-bond acceptors (Lipinski definition) is 7. The van der Waals surface area contributed by atoms with Crippen LogP contribution in [-0.4, -0.2) is 55.1 Å². The van der Waals surface area contributed by atoms with Crippen molar-refractivity contribution in [3.8, 4) is 11.5 Å². The first-order valence-electron chi connectivity index (χ1n) is 9.72. The van der Waals surface area contributed by atoms with E-state index in [0.717, 1.165) is 38.9 Å². The van der Waals surface area contributed by atoms with Gasteiger partial charge in [-0.15, -0.1) is 5.10 Å². The summed E-state index contributed by atoms with van der Waals surface area (Å²) in [5, 5.41) is 14.2. The van der Waals surface area contributed by atoms with Gasteiger partial charge in [-0.05, 0) is 60.5 Å². The van der Waals surface area contributed by atoms with Crippen molar-refractivity contribution in [2.24, 2.45) is 0 Å². The summed E-state index contributed by atoms with van der Waals surface area (Å²) in [4.78, 5) is 19.2. The van der Waals surface area contributed by atoms with Crippen molar-refractivity contribution in [1.29, 1.82) is 0 Å². The van der Waals surface area contributed by atoms with Crippen LogP contribution in [0.1, 0.15) is 19.3 Å². The van der Waals surface area contributed by atoms with Crippen LogP contribution in [-0.2, 0) is 11.3 Å². The van der Waals surface area contributed by atoms with E-state index in [1.807, 2.05) is 36.4 Å². The van der Waals surface area contributed by atoms with Crippen LogP contribution in [0.15, 0.2) is 55.1 Å². The molecule has 2 aromatic heterocycles. The quantitative estimate of drug-likeness (QED) is 0.627. The highest BCUT2D eigenvalue weighted by atomic mass is 16.5. The van der Waals surface area contributed by atoms with Gasteiger partial charge in [-0.3, -0.25) is 14.7 Å². The lowest BCUT2D eigenvalue weighted by Crippen LogP contribution is -2.40. The minimum Gasteiger partial charge on any atom is -0.454 e. The van der Waals surface area contributed by atoms with Gasteiger partial charge >= 0.3 is 0 Å². The molecule has 1 aliphatic rings. The molecular formula is C20H23N7O2. The van der Waals surface area contributed by atoms with Gasteiger partial charge in [0.15, 0.2) is 5.75 Å². The van der Waals surface area contributed by atoms with Gasteiger partial charge in [0.25, 0.3) is 0 Å². The molecule has 9 heteroatoms. The number of nitrogens with one attached hydrogen (secondary N) is 1. The summed E-state index contributed by atoms with van der Waals surface area (Å²) in [6.07, 6.45) is 7.68. The van der Waals surface area contributed by atoms with E-state index in [-0.39, 0.29) is 11.9 Å². The van der Waals surface area contributed by atoms with E-state index in [1.165, 1.54) is 0 Å². The number of carbonyl (C=O) groups is 1. The topological polar surface area (TPSA) is 98.1 Å². The number of amides is 1. The molecule has 3 heterocycles. The molecule has 150 valence electrons. The largest absolute Gasteiger partial charge is 0.454 e. The van der Waals surface area contributed by atoms with E-state index in [0.29, 0.717) is 17.2 Å². The zero-order chi connectivity index (χ0) is 19.9. The molecule has 0 aliphatic carbocycles. The maximum absolute atomic E-state index is 13.0. The fourth-order valence-electron chi connectivity index (χ4n) is 3.52. The van der Waals surface area contributed by atoms with Crippen molar-refractivity contribution in [1.82, 2.24) is 30.1 Å². The molecule has 0 bridgehead atoms. The first-order chi connectivity index (χ1) is 14.3. The van der Waals surface area contributed by atoms with Gasteiger partial charge in [-0.25, -0.2) is 4.68 Å². The number of ether oxygens (including phenoxy) is 1. The minimum absolute atomic E-state index is 0.00726. The molecule has 1 N–H and O–H groups in total. The van der Waals surface area contributed by atoms with Gasteiger partial charge in [-0.1, -0.05) is 12.1 Å². The maximum atomic E-state index is 13.0. The average molecular weight is 393 g/mol. The van der Waals surface area contributed by atoms with Crippen molar-refractivity contribution in [2.45, 2.75) is 31.8 Å². The maximum Gasteiger partial charge on any atom is 0.241 e. The normalized spacial score (nSPS) is 16.6. The Bertz CT molecular complexity index is 918. The van der Waals surface area contributed by atoms with E-state index < -0.39 is 0 Å². The second-order valence-electron chi connectivity index (χ2n) is 6.90. The van der Waals surface area contributed by atoms with Crippen LogP contribution in [0.4, 0.5) is 5.69 Å². The highest BCUT2D eigenvalue weighted by Crippen LogP contribution is 2.29. The Labute approximate surface area is 168 Å². The predicted octanol–water partition coefficient (Wildman–Crippen LogP) is 2.35. The Hall–Kier alpha value is -3.33. The first-order valence-corrected chi connectivity index (χ1v) is 9.72. The van der Waals surface area contributed by atoms with Crippen molar-refractivity contribution < 1.29 is 9.53 Å². The number of likely N-dealkylation sites (tertiary alicyclic amines) is 1. The smallest absolute Gasteiger partial charge is 0.241 e. The Morgan fingerprint density at radius 3 is 2.97 bits per heavy atom. The molecule has 0 saturated carbocycles. The number of rotatable bonds is 8. The van der Waals surface area contributed by atoms with Crippen LogP contribution < -0.4 is 10.1 Å². The van der Waals surface area contributed by atoms with E-state index in [9.17, 15) is 4.79 Å². The minimum atomic E-state index is -0.143. The summed E-state index contributed by atoms with van der Waals surface area (Å²) >= 11 is 0. The van der Waals surface area contributed by atoms with Crippen LogP contribution in [0, 0.1) is 0 Å². The number of pyridine rings is 1. The molecule has 1 atom stereocenters. The third-order valence-electron chi connectivity index (χ3n) is 4.90. The molecule has 0 radical (unpaired) electrons. The molecular weight excluding hydrogens is 370 g/mol. The summed E-state index contributed by atoms with van der Waals surface area (Å²) in [6.45, 7) is 2.48. The number of aryl methyl sites for hydroxylation is 1. The zero-order valence-corrected chi connectivity index (χ0v) is 16.0. The molecule has 1 aromatic carbocycles. The molecule has 4 rings (SSSR count). The molecule has 1 saturated heterocycles. The molecule has 0 spiro atoms. The van der Waals surface area contributed by atoms with Gasteiger partial charge in [0.05, 0.1) is 17.9 Å². The highest BCUT2D eigenvalue weighted by Gasteiger charge is 2.30. The SMILES string of the molecule is O=C(Nc1ccccc1Oc1cccnc1)[C@@H]1CCCN1CCCn1cnnn1. The number of anilines is 1. The lowest BCUT2D eigenvalue weighted by molar-refractivity contribution is -0.120. The molecule has 9 nitrogen and oxygen atoms in total. The van der Waals surface area contributed by atoms with Crippen molar-refractivity contribution in [3.05, 3.63) is 55.1 Å². The van der Waals surface area contributed by atoms with E-state index in [2.05, 4.69) is 30.7 Å². The summed E-state index contributed by atoms with van der Waals surface area (Å²) in [7, 11) is 0. The van der Waals surface area contributed by atoms with Crippen LogP contribution in [0.3, 0.4) is 0 Å². The summed E-state index contributed by atoms with van der Waals surface area (Å²) in [6, 6.07) is 10.9. The zero-order valence-electron chi connectivity index (χ0n) is 16.0. The number of hydrogen-bond donors (Lipinski definition) is 1. The molecule has 1 fully saturated rings. The number of para-hydroxylation sites is 2. The van der Waals surface area contributed by atoms with Crippen LogP contribution in [0.5, 0.6) is 11.5 Å². The fourth-order valence-corrected chi connectivity index (χ4v) is 3.52. The second kappa shape index (κ2) is 9.24.